The molecule has 2 aliphatic heterocycles. The minimum atomic E-state index is -0.752. The van der Waals surface area contributed by atoms with E-state index in [0.29, 0.717) is 101 Å². The van der Waals surface area contributed by atoms with Crippen LogP contribution in [0.3, 0.4) is 0 Å². The van der Waals surface area contributed by atoms with Gasteiger partial charge in [-0.3, -0.25) is 19.4 Å². The molecule has 2 aliphatic rings. The predicted molar refractivity (Wildman–Crippen MR) is 223 cm³/mol. The molecule has 2 heterocycles. The van der Waals surface area contributed by atoms with Crippen LogP contribution >= 0.6 is 0 Å². The van der Waals surface area contributed by atoms with Crippen LogP contribution in [-0.4, -0.2) is 120 Å². The summed E-state index contributed by atoms with van der Waals surface area (Å²) in [5.41, 5.74) is 7.96. The van der Waals surface area contributed by atoms with Crippen molar-refractivity contribution < 1.29 is 71.2 Å². The van der Waals surface area contributed by atoms with Crippen molar-refractivity contribution in [3.8, 4) is 57.5 Å². The molecule has 6 rings (SSSR count). The lowest BCUT2D eigenvalue weighted by Crippen LogP contribution is -2.23. The molecule has 328 valence electrons. The van der Waals surface area contributed by atoms with Gasteiger partial charge in [-0.15, -0.1) is 0 Å². The van der Waals surface area contributed by atoms with E-state index in [9.17, 15) is 14.4 Å². The molecule has 2 unspecified atom stereocenters. The van der Waals surface area contributed by atoms with Crippen LogP contribution in [0.5, 0.6) is 57.5 Å². The number of fused-ring (bicyclic) bond motifs is 2. The number of carbonyl (C=O) groups excluding carboxylic acids is 3. The van der Waals surface area contributed by atoms with Crippen molar-refractivity contribution in [3.63, 3.8) is 0 Å². The number of methoxy groups -OCH3 is 8. The van der Waals surface area contributed by atoms with Crippen LogP contribution in [0.25, 0.3) is 0 Å². The number of hydrogen-bond acceptors (Lipinski definition) is 17. The van der Waals surface area contributed by atoms with E-state index in [1.165, 1.54) is 56.9 Å². The second-order valence-electron chi connectivity index (χ2n) is 12.7. The fourth-order valence-corrected chi connectivity index (χ4v) is 6.13. The topological polar surface area (TPSA) is 200 Å². The van der Waals surface area contributed by atoms with Crippen LogP contribution in [0.15, 0.2) is 65.7 Å². The third kappa shape index (κ3) is 12.3. The van der Waals surface area contributed by atoms with E-state index in [1.54, 1.807) is 66.9 Å². The van der Waals surface area contributed by atoms with Crippen molar-refractivity contribution in [2.24, 2.45) is 10.7 Å². The quantitative estimate of drug-likeness (QED) is 0.109. The standard InChI is InChI=1S/C22H25NO7.C12H15NO4.C10H12O4/c1-25-19-9-14(10-20(26-2)22(19)28-4)12-23-13-16(24)21(27-3)15-5-6-17-18(11-15)30-8-7-29-17;1-15-12(9(14)7-13)8-2-3-10-11(6-8)17-5-4-16-10;1-12-8-4-7(6-11)5-9(13-2)10(8)14-3/h5-6,9-12,21H,7-8,13H2,1-4H3;2-3,6,12H,4-5,7,13H2,1H3;4-6H,1-3H3. The first kappa shape index (κ1) is 47.1. The number of ether oxygens (including phenoxy) is 12. The van der Waals surface area contributed by atoms with Crippen molar-refractivity contribution in [2.75, 3.05) is 96.4 Å². The molecule has 2 N–H and O–H groups in total. The van der Waals surface area contributed by atoms with Gasteiger partial charge < -0.3 is 62.6 Å². The Labute approximate surface area is 354 Å². The number of Topliss-reactive ketones (excluding diaryl/α,β-unsaturated/α-hetero) is 2. The second-order valence-corrected chi connectivity index (χ2v) is 12.7. The molecule has 0 saturated heterocycles. The highest BCUT2D eigenvalue weighted by atomic mass is 16.6. The average Bonchev–Trinajstić information content (AvgIpc) is 3.31. The van der Waals surface area contributed by atoms with E-state index < -0.39 is 12.2 Å². The Morgan fingerprint density at radius 2 is 0.967 bits per heavy atom. The molecule has 17 heteroatoms. The van der Waals surface area contributed by atoms with Gasteiger partial charge in [0, 0.05) is 26.0 Å². The summed E-state index contributed by atoms with van der Waals surface area (Å²) in [5, 5.41) is 0. The summed E-state index contributed by atoms with van der Waals surface area (Å²) in [7, 11) is 12.1. The Balaban J connectivity index is 0.000000223. The summed E-state index contributed by atoms with van der Waals surface area (Å²) < 4.78 is 63.7. The minimum absolute atomic E-state index is 0.0487. The summed E-state index contributed by atoms with van der Waals surface area (Å²) in [6.07, 6.45) is 0.914. The molecular formula is C44H52N2O15. The summed E-state index contributed by atoms with van der Waals surface area (Å²) >= 11 is 0. The van der Waals surface area contributed by atoms with Gasteiger partial charge in [0.2, 0.25) is 11.5 Å². The fourth-order valence-electron chi connectivity index (χ4n) is 6.13. The molecule has 4 aromatic rings. The van der Waals surface area contributed by atoms with Gasteiger partial charge in [-0.1, -0.05) is 12.1 Å². The van der Waals surface area contributed by atoms with E-state index in [2.05, 4.69) is 4.99 Å². The molecule has 0 aliphatic carbocycles. The maximum atomic E-state index is 12.7. The van der Waals surface area contributed by atoms with Gasteiger partial charge >= 0.3 is 0 Å². The summed E-state index contributed by atoms with van der Waals surface area (Å²) in [6, 6.07) is 17.4. The number of carbonyl (C=O) groups is 3. The summed E-state index contributed by atoms with van der Waals surface area (Å²) in [4.78, 5) is 39.1. The molecule has 0 saturated carbocycles. The van der Waals surface area contributed by atoms with Crippen molar-refractivity contribution in [1.82, 2.24) is 0 Å². The molecule has 17 nitrogen and oxygen atoms in total. The normalized spacial score (nSPS) is 13.2. The van der Waals surface area contributed by atoms with E-state index >= 15 is 0 Å². The number of hydrogen-bond donors (Lipinski definition) is 1. The highest BCUT2D eigenvalue weighted by molar-refractivity contribution is 5.90. The molecule has 2 atom stereocenters. The molecule has 0 amide bonds. The first-order valence-electron chi connectivity index (χ1n) is 18.8. The second kappa shape index (κ2) is 23.9. The molecule has 61 heavy (non-hydrogen) atoms. The maximum Gasteiger partial charge on any atom is 0.203 e. The number of aliphatic imine (C=N–C) groups is 1. The number of rotatable bonds is 17. The molecule has 0 radical (unpaired) electrons. The molecule has 0 bridgehead atoms. The van der Waals surface area contributed by atoms with Gasteiger partial charge in [0.15, 0.2) is 57.6 Å². The smallest absolute Gasteiger partial charge is 0.203 e. The van der Waals surface area contributed by atoms with Gasteiger partial charge in [-0.25, -0.2) is 0 Å². The van der Waals surface area contributed by atoms with Gasteiger partial charge in [-0.2, -0.15) is 0 Å². The van der Waals surface area contributed by atoms with Crippen LogP contribution in [0, 0.1) is 0 Å². The molecule has 0 spiro atoms. The molecule has 0 aromatic heterocycles. The van der Waals surface area contributed by atoms with Crippen LogP contribution in [-0.2, 0) is 19.1 Å². The van der Waals surface area contributed by atoms with Crippen molar-refractivity contribution in [3.05, 3.63) is 82.9 Å². The fraction of sp³-hybridized carbons (Fsp3) is 0.364. The number of ketones is 2. The highest BCUT2D eigenvalue weighted by Gasteiger charge is 2.24. The zero-order valence-corrected chi connectivity index (χ0v) is 35.5. The first-order chi connectivity index (χ1) is 29.6. The van der Waals surface area contributed by atoms with Crippen LogP contribution in [0.1, 0.15) is 39.3 Å². The van der Waals surface area contributed by atoms with E-state index in [1.807, 2.05) is 0 Å². The maximum absolute atomic E-state index is 12.7. The Morgan fingerprint density at radius 3 is 1.33 bits per heavy atom. The summed E-state index contributed by atoms with van der Waals surface area (Å²) in [6.45, 7) is 1.94. The Bertz CT molecular complexity index is 2070. The van der Waals surface area contributed by atoms with Crippen LogP contribution < -0.4 is 53.1 Å². The van der Waals surface area contributed by atoms with Crippen molar-refractivity contribution >= 4 is 24.1 Å². The molecule has 0 fully saturated rings. The van der Waals surface area contributed by atoms with E-state index in [0.717, 1.165) is 11.8 Å². The number of benzene rings is 4. The first-order valence-corrected chi connectivity index (χ1v) is 18.8. The van der Waals surface area contributed by atoms with Crippen molar-refractivity contribution in [1.29, 1.82) is 0 Å². The lowest BCUT2D eigenvalue weighted by molar-refractivity contribution is -0.128. The summed E-state index contributed by atoms with van der Waals surface area (Å²) in [5.74, 6) is 5.21. The van der Waals surface area contributed by atoms with Crippen LogP contribution in [0.2, 0.25) is 0 Å². The predicted octanol–water partition coefficient (Wildman–Crippen LogP) is 5.06. The lowest BCUT2D eigenvalue weighted by Gasteiger charge is -2.21. The Morgan fingerprint density at radius 1 is 0.574 bits per heavy atom. The largest absolute Gasteiger partial charge is 0.493 e. The number of nitrogens with zero attached hydrogens (tertiary/aromatic N) is 1. The van der Waals surface area contributed by atoms with E-state index in [4.69, 9.17) is 62.6 Å². The highest BCUT2D eigenvalue weighted by Crippen LogP contribution is 2.39. The van der Waals surface area contributed by atoms with E-state index in [-0.39, 0.29) is 24.7 Å². The third-order valence-electron chi connectivity index (χ3n) is 8.99. The minimum Gasteiger partial charge on any atom is -0.493 e. The number of nitrogens with two attached hydrogens (primary N) is 1. The van der Waals surface area contributed by atoms with Gasteiger partial charge in [0.25, 0.3) is 0 Å². The van der Waals surface area contributed by atoms with Gasteiger partial charge in [-0.05, 0) is 65.2 Å². The molecule has 4 aromatic carbocycles. The zero-order valence-electron chi connectivity index (χ0n) is 35.5. The van der Waals surface area contributed by atoms with Gasteiger partial charge in [0.05, 0.1) is 49.2 Å². The Hall–Kier alpha value is -6.56. The van der Waals surface area contributed by atoms with Crippen molar-refractivity contribution in [2.45, 2.75) is 12.2 Å². The number of aldehydes is 1. The van der Waals surface area contributed by atoms with Gasteiger partial charge in [0.1, 0.15) is 51.5 Å². The monoisotopic (exact) mass is 848 g/mol. The average molecular weight is 849 g/mol. The SMILES string of the molecule is COC(C(=O)CN)c1ccc2c(c1)OCCO2.COc1cc(C=NCC(=O)C(OC)c2ccc3c(c2)OCCO3)cc(OC)c1OC.COc1cc(C=O)cc(OC)c1OC. The lowest BCUT2D eigenvalue weighted by atomic mass is 10.0. The Kier molecular flexibility index (Phi) is 18.5. The zero-order chi connectivity index (χ0) is 44.3. The van der Waals surface area contributed by atoms with Crippen LogP contribution in [0.4, 0.5) is 0 Å². The third-order valence-corrected chi connectivity index (χ3v) is 8.99. The molecular weight excluding hydrogens is 796 g/mol.